The lowest BCUT2D eigenvalue weighted by Gasteiger charge is -1.99. The molecular formula is C12H13N3O. The van der Waals surface area contributed by atoms with Crippen molar-refractivity contribution in [2.24, 2.45) is 0 Å². The van der Waals surface area contributed by atoms with Crippen LogP contribution in [-0.2, 0) is 0 Å². The van der Waals surface area contributed by atoms with Gasteiger partial charge in [0.2, 0.25) is 0 Å². The summed E-state index contributed by atoms with van der Waals surface area (Å²) in [4.78, 5) is 4.40. The Morgan fingerprint density at radius 1 is 1.25 bits per heavy atom. The largest absolute Gasteiger partial charge is 0.388 e. The fourth-order valence-electron chi connectivity index (χ4n) is 1.64. The molecule has 16 heavy (non-hydrogen) atoms. The van der Waals surface area contributed by atoms with Gasteiger partial charge in [0.15, 0.2) is 5.82 Å². The van der Waals surface area contributed by atoms with Crippen molar-refractivity contribution in [2.75, 3.05) is 12.4 Å². The average molecular weight is 215 g/mol. The highest BCUT2D eigenvalue weighted by Gasteiger charge is 2.28. The standard InChI is InChI=1S/C12H13N3O/c1-13-10-6-4-9(5-7-10)12-14-11(15-16-12)8-2-3-8/h4-8,13H,2-3H2,1H3. The van der Waals surface area contributed by atoms with Gasteiger partial charge in [0, 0.05) is 24.2 Å². The predicted molar refractivity (Wildman–Crippen MR) is 61.3 cm³/mol. The Hall–Kier alpha value is -1.84. The molecule has 1 N–H and O–H groups in total. The van der Waals surface area contributed by atoms with Crippen LogP contribution in [0.25, 0.3) is 11.5 Å². The highest BCUT2D eigenvalue weighted by molar-refractivity contribution is 5.58. The molecule has 0 amide bonds. The van der Waals surface area contributed by atoms with Gasteiger partial charge in [-0.2, -0.15) is 4.98 Å². The van der Waals surface area contributed by atoms with E-state index in [2.05, 4.69) is 15.5 Å². The second kappa shape index (κ2) is 3.63. The van der Waals surface area contributed by atoms with E-state index in [1.165, 1.54) is 12.8 Å². The van der Waals surface area contributed by atoms with Crippen LogP contribution in [0.3, 0.4) is 0 Å². The molecule has 2 aromatic rings. The van der Waals surface area contributed by atoms with Crippen molar-refractivity contribution >= 4 is 5.69 Å². The van der Waals surface area contributed by atoms with Gasteiger partial charge in [0.25, 0.3) is 5.89 Å². The number of hydrogen-bond donors (Lipinski definition) is 1. The molecule has 1 aliphatic rings. The van der Waals surface area contributed by atoms with Crippen LogP contribution >= 0.6 is 0 Å². The van der Waals surface area contributed by atoms with Gasteiger partial charge in [-0.05, 0) is 37.1 Å². The summed E-state index contributed by atoms with van der Waals surface area (Å²) in [5.74, 6) is 2.01. The van der Waals surface area contributed by atoms with Gasteiger partial charge in [-0.1, -0.05) is 5.16 Å². The van der Waals surface area contributed by atoms with Crippen molar-refractivity contribution in [1.82, 2.24) is 10.1 Å². The van der Waals surface area contributed by atoms with E-state index >= 15 is 0 Å². The van der Waals surface area contributed by atoms with Gasteiger partial charge in [-0.25, -0.2) is 0 Å². The molecule has 0 radical (unpaired) electrons. The van der Waals surface area contributed by atoms with E-state index in [1.807, 2.05) is 31.3 Å². The molecule has 1 aliphatic carbocycles. The lowest BCUT2D eigenvalue weighted by atomic mass is 10.2. The molecule has 0 bridgehead atoms. The van der Waals surface area contributed by atoms with Crippen molar-refractivity contribution in [3.63, 3.8) is 0 Å². The van der Waals surface area contributed by atoms with Crippen LogP contribution in [0.4, 0.5) is 5.69 Å². The summed E-state index contributed by atoms with van der Waals surface area (Å²) in [6.07, 6.45) is 2.38. The molecule has 1 fully saturated rings. The van der Waals surface area contributed by atoms with Crippen molar-refractivity contribution in [3.8, 4) is 11.5 Å². The Kier molecular flexibility index (Phi) is 2.13. The molecule has 4 heteroatoms. The molecule has 0 unspecified atom stereocenters. The summed E-state index contributed by atoms with van der Waals surface area (Å²) in [5, 5.41) is 7.07. The number of anilines is 1. The molecule has 1 heterocycles. The molecule has 1 aromatic carbocycles. The van der Waals surface area contributed by atoms with E-state index in [4.69, 9.17) is 4.52 Å². The van der Waals surface area contributed by atoms with Crippen molar-refractivity contribution in [2.45, 2.75) is 18.8 Å². The van der Waals surface area contributed by atoms with Gasteiger partial charge in [-0.15, -0.1) is 0 Å². The number of hydrogen-bond acceptors (Lipinski definition) is 4. The van der Waals surface area contributed by atoms with Gasteiger partial charge in [-0.3, -0.25) is 0 Å². The number of benzene rings is 1. The van der Waals surface area contributed by atoms with Gasteiger partial charge >= 0.3 is 0 Å². The van der Waals surface area contributed by atoms with E-state index in [0.717, 1.165) is 17.1 Å². The molecule has 0 spiro atoms. The zero-order chi connectivity index (χ0) is 11.0. The molecule has 3 rings (SSSR count). The van der Waals surface area contributed by atoms with E-state index in [0.29, 0.717) is 11.8 Å². The lowest BCUT2D eigenvalue weighted by Crippen LogP contribution is -1.87. The zero-order valence-electron chi connectivity index (χ0n) is 9.10. The van der Waals surface area contributed by atoms with Crippen molar-refractivity contribution in [3.05, 3.63) is 30.1 Å². The summed E-state index contributed by atoms with van der Waals surface area (Å²) in [6.45, 7) is 0. The Morgan fingerprint density at radius 3 is 2.62 bits per heavy atom. The van der Waals surface area contributed by atoms with Crippen LogP contribution in [-0.4, -0.2) is 17.2 Å². The van der Waals surface area contributed by atoms with E-state index in [9.17, 15) is 0 Å². The van der Waals surface area contributed by atoms with Crippen LogP contribution in [0.15, 0.2) is 28.8 Å². The van der Waals surface area contributed by atoms with Gasteiger partial charge in [0.1, 0.15) is 0 Å². The highest BCUT2D eigenvalue weighted by Crippen LogP contribution is 2.38. The smallest absolute Gasteiger partial charge is 0.257 e. The Labute approximate surface area is 93.7 Å². The maximum absolute atomic E-state index is 5.24. The first-order valence-electron chi connectivity index (χ1n) is 5.48. The molecule has 0 atom stereocenters. The first kappa shape index (κ1) is 9.39. The Bertz CT molecular complexity index is 485. The molecular weight excluding hydrogens is 202 g/mol. The minimum atomic E-state index is 0.536. The van der Waals surface area contributed by atoms with E-state index in [1.54, 1.807) is 0 Å². The molecule has 0 aliphatic heterocycles. The molecule has 4 nitrogen and oxygen atoms in total. The summed E-state index contributed by atoms with van der Waals surface area (Å²) in [6, 6.07) is 7.96. The van der Waals surface area contributed by atoms with Crippen LogP contribution in [0.2, 0.25) is 0 Å². The summed E-state index contributed by atoms with van der Waals surface area (Å²) >= 11 is 0. The second-order valence-electron chi connectivity index (χ2n) is 4.06. The third kappa shape index (κ3) is 1.66. The van der Waals surface area contributed by atoms with E-state index in [-0.39, 0.29) is 0 Å². The lowest BCUT2D eigenvalue weighted by molar-refractivity contribution is 0.422. The van der Waals surface area contributed by atoms with Crippen LogP contribution in [0.5, 0.6) is 0 Å². The van der Waals surface area contributed by atoms with Crippen molar-refractivity contribution < 1.29 is 4.52 Å². The third-order valence-corrected chi connectivity index (χ3v) is 2.80. The average Bonchev–Trinajstić information content (AvgIpc) is 3.08. The topological polar surface area (TPSA) is 51.0 Å². The third-order valence-electron chi connectivity index (χ3n) is 2.80. The quantitative estimate of drug-likeness (QED) is 0.855. The Balaban J connectivity index is 1.88. The summed E-state index contributed by atoms with van der Waals surface area (Å²) < 4.78 is 5.24. The first-order chi connectivity index (χ1) is 7.86. The predicted octanol–water partition coefficient (Wildman–Crippen LogP) is 2.66. The van der Waals surface area contributed by atoms with Crippen LogP contribution < -0.4 is 5.32 Å². The molecule has 1 aromatic heterocycles. The number of nitrogens with zero attached hydrogens (tertiary/aromatic N) is 2. The molecule has 1 saturated carbocycles. The Morgan fingerprint density at radius 2 is 2.00 bits per heavy atom. The number of aromatic nitrogens is 2. The van der Waals surface area contributed by atoms with Gasteiger partial charge < -0.3 is 9.84 Å². The zero-order valence-corrected chi connectivity index (χ0v) is 9.10. The van der Waals surface area contributed by atoms with Crippen LogP contribution in [0, 0.1) is 0 Å². The fourth-order valence-corrected chi connectivity index (χ4v) is 1.64. The first-order valence-corrected chi connectivity index (χ1v) is 5.48. The summed E-state index contributed by atoms with van der Waals surface area (Å²) in [7, 11) is 1.90. The fraction of sp³-hybridized carbons (Fsp3) is 0.333. The molecule has 0 saturated heterocycles. The van der Waals surface area contributed by atoms with Gasteiger partial charge in [0.05, 0.1) is 0 Å². The molecule has 82 valence electrons. The summed E-state index contributed by atoms with van der Waals surface area (Å²) in [5.41, 5.74) is 2.05. The van der Waals surface area contributed by atoms with Crippen molar-refractivity contribution in [1.29, 1.82) is 0 Å². The van der Waals surface area contributed by atoms with E-state index < -0.39 is 0 Å². The maximum atomic E-state index is 5.24. The number of rotatable bonds is 3. The number of nitrogens with one attached hydrogen (secondary N) is 1. The highest BCUT2D eigenvalue weighted by atomic mass is 16.5. The normalized spacial score (nSPS) is 15.1. The SMILES string of the molecule is CNc1ccc(-c2nc(C3CC3)no2)cc1. The van der Waals surface area contributed by atoms with Crippen LogP contribution in [0.1, 0.15) is 24.6 Å². The second-order valence-corrected chi connectivity index (χ2v) is 4.06. The minimum absolute atomic E-state index is 0.536. The minimum Gasteiger partial charge on any atom is -0.388 e. The maximum Gasteiger partial charge on any atom is 0.257 e. The monoisotopic (exact) mass is 215 g/mol.